The highest BCUT2D eigenvalue weighted by atomic mass is 32.1. The molecule has 3 aromatic heterocycles. The van der Waals surface area contributed by atoms with Gasteiger partial charge in [-0.05, 0) is 80.7 Å². The lowest BCUT2D eigenvalue weighted by Crippen LogP contribution is -2.11. The second-order valence-electron chi connectivity index (χ2n) is 16.6. The van der Waals surface area contributed by atoms with E-state index >= 15 is 0 Å². The molecule has 3 nitrogen and oxygen atoms in total. The van der Waals surface area contributed by atoms with Crippen LogP contribution in [0.4, 0.5) is 0 Å². The van der Waals surface area contributed by atoms with E-state index in [1.807, 2.05) is 11.3 Å². The van der Waals surface area contributed by atoms with Gasteiger partial charge in [0.25, 0.3) is 0 Å². The van der Waals surface area contributed by atoms with Gasteiger partial charge in [0.05, 0.1) is 22.8 Å². The summed E-state index contributed by atoms with van der Waals surface area (Å²) in [4.78, 5) is 5.96. The molecular formula is C57H38N2OS. The Labute approximate surface area is 356 Å². The number of fused-ring (bicyclic) bond motifs is 11. The van der Waals surface area contributed by atoms with E-state index in [4.69, 9.17) is 9.41 Å². The molecule has 0 amide bonds. The first kappa shape index (κ1) is 34.6. The molecule has 288 valence electrons. The molecule has 13 rings (SSSR count). The van der Waals surface area contributed by atoms with Crippen LogP contribution >= 0.6 is 11.3 Å². The third-order valence-electron chi connectivity index (χ3n) is 13.2. The van der Waals surface area contributed by atoms with Gasteiger partial charge in [-0.15, -0.1) is 11.3 Å². The Bertz CT molecular complexity index is 3830. The molecule has 4 heterocycles. The number of thiophene rings is 1. The van der Waals surface area contributed by atoms with Crippen LogP contribution in [0.5, 0.6) is 0 Å². The van der Waals surface area contributed by atoms with E-state index < -0.39 is 0 Å². The molecule has 12 aromatic rings. The summed E-state index contributed by atoms with van der Waals surface area (Å²) >= 11 is 1.87. The number of hydrogen-bond donors (Lipinski definition) is 0. The first-order valence-electron chi connectivity index (χ1n) is 21.2. The van der Waals surface area contributed by atoms with Crippen LogP contribution in [0.15, 0.2) is 197 Å². The molecule has 0 saturated carbocycles. The van der Waals surface area contributed by atoms with Crippen molar-refractivity contribution in [2.45, 2.75) is 19.4 Å². The summed E-state index contributed by atoms with van der Waals surface area (Å²) in [6.45, 7) is 2.38. The fourth-order valence-electron chi connectivity index (χ4n) is 10.3. The number of rotatable bonds is 4. The maximum absolute atomic E-state index is 6.81. The Morgan fingerprint density at radius 2 is 1.23 bits per heavy atom. The van der Waals surface area contributed by atoms with E-state index in [-0.39, 0.29) is 12.0 Å². The lowest BCUT2D eigenvalue weighted by atomic mass is 9.83. The van der Waals surface area contributed by atoms with Gasteiger partial charge in [-0.3, -0.25) is 4.99 Å². The standard InChI is InChI=1S/C57H38N2OS/c1-34-40(42-21-12-16-35-13-4-5-17-41(35)42)27-28-49(58-57(34)38-25-26-45-44-19-8-11-24-54(44)61-55(45)31-38)48-32-39(33-53-56(48)46-20-7-10-23-52(46)60-53)59-50-22-9-6-18-43(50)47-29-36-14-2-3-15-37(36)30-51(47)59/h2-27,29-34,57H,28H2,1H3/t34-,57?/m0/s1. The number of furan rings is 1. The van der Waals surface area contributed by atoms with E-state index in [0.717, 1.165) is 38.9 Å². The Kier molecular flexibility index (Phi) is 7.58. The zero-order chi connectivity index (χ0) is 40.2. The number of para-hydroxylation sites is 2. The zero-order valence-electron chi connectivity index (χ0n) is 33.5. The summed E-state index contributed by atoms with van der Waals surface area (Å²) in [5.74, 6) is 0.0977. The second-order valence-corrected chi connectivity index (χ2v) is 17.7. The Balaban J connectivity index is 1.09. The number of aliphatic imine (C=N–C) groups is 1. The Morgan fingerprint density at radius 3 is 2.11 bits per heavy atom. The summed E-state index contributed by atoms with van der Waals surface area (Å²) in [5.41, 5.74) is 11.2. The van der Waals surface area contributed by atoms with Crippen molar-refractivity contribution in [1.82, 2.24) is 4.57 Å². The van der Waals surface area contributed by atoms with Gasteiger partial charge < -0.3 is 8.98 Å². The van der Waals surface area contributed by atoms with Crippen LogP contribution in [0.25, 0.3) is 96.7 Å². The summed E-state index contributed by atoms with van der Waals surface area (Å²) in [7, 11) is 0. The van der Waals surface area contributed by atoms with Crippen molar-refractivity contribution in [2.24, 2.45) is 10.9 Å². The molecular weight excluding hydrogens is 761 g/mol. The summed E-state index contributed by atoms with van der Waals surface area (Å²) < 4.78 is 11.9. The van der Waals surface area contributed by atoms with Gasteiger partial charge in [-0.1, -0.05) is 146 Å². The summed E-state index contributed by atoms with van der Waals surface area (Å²) in [6.07, 6.45) is 3.15. The molecule has 0 fully saturated rings. The maximum Gasteiger partial charge on any atom is 0.138 e. The Hall–Kier alpha value is -7.27. The van der Waals surface area contributed by atoms with Crippen LogP contribution in [0, 0.1) is 5.92 Å². The van der Waals surface area contributed by atoms with Crippen molar-refractivity contribution in [1.29, 1.82) is 0 Å². The van der Waals surface area contributed by atoms with Crippen LogP contribution < -0.4 is 0 Å². The molecule has 1 aliphatic rings. The number of benzene rings is 9. The highest BCUT2D eigenvalue weighted by Gasteiger charge is 2.29. The van der Waals surface area contributed by atoms with E-state index in [2.05, 4.69) is 200 Å². The van der Waals surface area contributed by atoms with Gasteiger partial charge in [-0.2, -0.15) is 0 Å². The quantitative estimate of drug-likeness (QED) is 0.174. The minimum atomic E-state index is -0.131. The molecule has 0 bridgehead atoms. The SMILES string of the molecule is C[C@H]1C(c2cccc3ccccc23)=CCC(c2cc(-n3c4ccccc4c4cc5ccccc5cc43)cc3oc4ccccc4c23)=NC1c1ccc2c(c1)sc1ccccc12. The number of hydrogen-bond acceptors (Lipinski definition) is 3. The molecule has 1 aliphatic heterocycles. The molecule has 0 spiro atoms. The predicted octanol–water partition coefficient (Wildman–Crippen LogP) is 16.0. The van der Waals surface area contributed by atoms with Gasteiger partial charge in [0, 0.05) is 71.4 Å². The fourth-order valence-corrected chi connectivity index (χ4v) is 11.5. The van der Waals surface area contributed by atoms with Crippen LogP contribution in [0.3, 0.4) is 0 Å². The molecule has 9 aromatic carbocycles. The lowest BCUT2D eigenvalue weighted by Gasteiger charge is -2.24. The summed E-state index contributed by atoms with van der Waals surface area (Å²) in [6, 6.07) is 66.4. The van der Waals surface area contributed by atoms with Gasteiger partial charge in [-0.25, -0.2) is 0 Å². The van der Waals surface area contributed by atoms with Gasteiger partial charge >= 0.3 is 0 Å². The smallest absolute Gasteiger partial charge is 0.138 e. The minimum absolute atomic E-state index is 0.0977. The van der Waals surface area contributed by atoms with E-state index in [0.29, 0.717) is 6.42 Å². The van der Waals surface area contributed by atoms with Gasteiger partial charge in [0.1, 0.15) is 11.2 Å². The lowest BCUT2D eigenvalue weighted by molar-refractivity contribution is 0.588. The third-order valence-corrected chi connectivity index (χ3v) is 14.3. The molecule has 2 atom stereocenters. The van der Waals surface area contributed by atoms with Crippen LogP contribution in [-0.4, -0.2) is 10.3 Å². The van der Waals surface area contributed by atoms with Crippen LogP contribution in [0.2, 0.25) is 0 Å². The van der Waals surface area contributed by atoms with E-state index in [9.17, 15) is 0 Å². The van der Waals surface area contributed by atoms with Crippen molar-refractivity contribution in [3.8, 4) is 5.69 Å². The predicted molar refractivity (Wildman–Crippen MR) is 260 cm³/mol. The first-order valence-corrected chi connectivity index (χ1v) is 22.0. The number of allylic oxidation sites excluding steroid dienone is 1. The second kappa shape index (κ2) is 13.4. The van der Waals surface area contributed by atoms with Crippen LogP contribution in [-0.2, 0) is 0 Å². The van der Waals surface area contributed by atoms with Crippen molar-refractivity contribution < 1.29 is 4.42 Å². The topological polar surface area (TPSA) is 30.4 Å². The van der Waals surface area contributed by atoms with E-state index in [1.165, 1.54) is 80.2 Å². The third kappa shape index (κ3) is 5.32. The average Bonchev–Trinajstić information content (AvgIpc) is 3.94. The largest absolute Gasteiger partial charge is 0.456 e. The normalized spacial score (nSPS) is 16.1. The average molecular weight is 799 g/mol. The van der Waals surface area contributed by atoms with Crippen molar-refractivity contribution >= 4 is 108 Å². The molecule has 61 heavy (non-hydrogen) atoms. The van der Waals surface area contributed by atoms with Gasteiger partial charge in [0.2, 0.25) is 0 Å². The van der Waals surface area contributed by atoms with E-state index in [1.54, 1.807) is 0 Å². The van der Waals surface area contributed by atoms with Gasteiger partial charge in [0.15, 0.2) is 0 Å². The molecule has 0 N–H and O–H groups in total. The molecule has 0 saturated heterocycles. The Morgan fingerprint density at radius 1 is 0.525 bits per heavy atom. The molecule has 4 heteroatoms. The maximum atomic E-state index is 6.81. The number of aromatic nitrogens is 1. The first-order chi connectivity index (χ1) is 30.1. The molecule has 0 aliphatic carbocycles. The zero-order valence-corrected chi connectivity index (χ0v) is 34.3. The molecule has 0 radical (unpaired) electrons. The minimum Gasteiger partial charge on any atom is -0.456 e. The highest BCUT2D eigenvalue weighted by Crippen LogP contribution is 2.45. The van der Waals surface area contributed by atoms with Crippen molar-refractivity contribution in [3.63, 3.8) is 0 Å². The van der Waals surface area contributed by atoms with Crippen molar-refractivity contribution in [2.75, 3.05) is 0 Å². The van der Waals surface area contributed by atoms with Crippen molar-refractivity contribution in [3.05, 3.63) is 205 Å². The monoisotopic (exact) mass is 798 g/mol. The molecule has 1 unspecified atom stereocenters. The number of nitrogens with zero attached hydrogens (tertiary/aromatic N) is 2. The van der Waals surface area contributed by atoms with Crippen LogP contribution in [0.1, 0.15) is 36.1 Å². The highest BCUT2D eigenvalue weighted by molar-refractivity contribution is 7.25. The fraction of sp³-hybridized carbons (Fsp3) is 0.0702. The summed E-state index contributed by atoms with van der Waals surface area (Å²) in [5, 5.41) is 12.3.